The number of halogens is 6. The van der Waals surface area contributed by atoms with Crippen molar-refractivity contribution in [2.45, 2.75) is 77.0 Å². The van der Waals surface area contributed by atoms with E-state index in [1.165, 1.54) is 27.9 Å². The van der Waals surface area contributed by atoms with Gasteiger partial charge in [0, 0.05) is 24.0 Å². The molecule has 3 atom stereocenters. The number of methoxy groups -OCH3 is 1. The van der Waals surface area contributed by atoms with Crippen molar-refractivity contribution in [2.75, 3.05) is 12.4 Å². The van der Waals surface area contributed by atoms with E-state index in [2.05, 4.69) is 15.6 Å². The van der Waals surface area contributed by atoms with Gasteiger partial charge < -0.3 is 20.1 Å². The highest BCUT2D eigenvalue weighted by Gasteiger charge is 2.41. The molecule has 0 spiro atoms. The molecule has 0 bridgehead atoms. The van der Waals surface area contributed by atoms with Crippen molar-refractivity contribution < 1.29 is 50.2 Å². The van der Waals surface area contributed by atoms with Crippen LogP contribution in [-0.2, 0) is 19.1 Å². The number of alkyl halides is 6. The molecule has 1 aliphatic heterocycles. The fraction of sp³-hybridized carbons (Fsp3) is 0.484. The number of rotatable bonds is 11. The van der Waals surface area contributed by atoms with Crippen molar-refractivity contribution in [3.05, 3.63) is 59.7 Å². The number of carbonyl (C=O) groups excluding carboxylic acids is 3. The van der Waals surface area contributed by atoms with Gasteiger partial charge in [-0.25, -0.2) is 4.99 Å². The van der Waals surface area contributed by atoms with Crippen LogP contribution in [0.3, 0.4) is 0 Å². The Hall–Kier alpha value is -4.10. The molecule has 246 valence electrons. The number of aliphatic imine (C=N–C) groups is 1. The highest BCUT2D eigenvalue weighted by Crippen LogP contribution is 2.34. The van der Waals surface area contributed by atoms with Gasteiger partial charge in [-0.3, -0.25) is 14.4 Å². The summed E-state index contributed by atoms with van der Waals surface area (Å²) in [6, 6.07) is 13.3. The Labute approximate surface area is 256 Å². The van der Waals surface area contributed by atoms with Crippen molar-refractivity contribution in [1.29, 1.82) is 0 Å². The summed E-state index contributed by atoms with van der Waals surface area (Å²) in [5.41, 5.74) is 0.385. The minimum Gasteiger partial charge on any atom is -0.497 e. The summed E-state index contributed by atoms with van der Waals surface area (Å²) in [4.78, 5) is 44.6. The van der Waals surface area contributed by atoms with Crippen molar-refractivity contribution >= 4 is 29.2 Å². The third-order valence-electron chi connectivity index (χ3n) is 6.82. The number of benzodiazepines with no additional fused rings is 1. The zero-order chi connectivity index (χ0) is 33.6. The number of esters is 1. The largest absolute Gasteiger partial charge is 0.497 e. The minimum atomic E-state index is -4.73. The first-order chi connectivity index (χ1) is 20.9. The van der Waals surface area contributed by atoms with Gasteiger partial charge in [0.15, 0.2) is 0 Å². The molecule has 0 saturated heterocycles. The fourth-order valence-electron chi connectivity index (χ4n) is 4.80. The molecule has 2 amide bonds. The zero-order valence-electron chi connectivity index (χ0n) is 25.1. The molecule has 2 N–H and O–H groups in total. The monoisotopic (exact) mass is 643 g/mol. The van der Waals surface area contributed by atoms with Crippen LogP contribution in [0.25, 0.3) is 0 Å². The molecule has 1 heterocycles. The highest BCUT2D eigenvalue weighted by atomic mass is 19.4. The van der Waals surface area contributed by atoms with Gasteiger partial charge in [-0.1, -0.05) is 30.3 Å². The average Bonchev–Trinajstić information content (AvgIpc) is 3.05. The number of carbonyl (C=O) groups is 3. The predicted octanol–water partition coefficient (Wildman–Crippen LogP) is 6.58. The lowest BCUT2D eigenvalue weighted by atomic mass is 9.83. The Morgan fingerprint density at radius 3 is 2.16 bits per heavy atom. The van der Waals surface area contributed by atoms with E-state index in [0.717, 1.165) is 0 Å². The number of hydrogen-bond acceptors (Lipinski definition) is 6. The number of fused-ring (bicyclic) bond motifs is 1. The first-order valence-electron chi connectivity index (χ1n) is 14.2. The SMILES string of the molecule is COc1ccc2c(c1)C(c1ccccc1)=NC(NC(=O)[C@H](CCCC(F)(F)F)[C@H](CCC(F)(F)F)C(=O)OC(C)(C)C)C(=O)N2. The number of hydrogen-bond donors (Lipinski definition) is 2. The second-order valence-corrected chi connectivity index (χ2v) is 11.6. The number of nitrogens with one attached hydrogen (secondary N) is 2. The van der Waals surface area contributed by atoms with E-state index in [9.17, 15) is 40.7 Å². The lowest BCUT2D eigenvalue weighted by molar-refractivity contribution is -0.168. The second-order valence-electron chi connectivity index (χ2n) is 11.6. The second kappa shape index (κ2) is 14.3. The maximum Gasteiger partial charge on any atom is 0.389 e. The quantitative estimate of drug-likeness (QED) is 0.213. The maximum atomic E-state index is 13.7. The Morgan fingerprint density at radius 1 is 0.933 bits per heavy atom. The van der Waals surface area contributed by atoms with Gasteiger partial charge in [-0.15, -0.1) is 0 Å². The van der Waals surface area contributed by atoms with Gasteiger partial charge in [-0.2, -0.15) is 26.3 Å². The van der Waals surface area contributed by atoms with Crippen molar-refractivity contribution in [3.8, 4) is 5.75 Å². The molecule has 8 nitrogen and oxygen atoms in total. The summed E-state index contributed by atoms with van der Waals surface area (Å²) in [5.74, 6) is -6.12. The van der Waals surface area contributed by atoms with Crippen LogP contribution in [0.4, 0.5) is 32.0 Å². The Morgan fingerprint density at radius 2 is 1.58 bits per heavy atom. The number of amides is 2. The number of nitrogens with zero attached hydrogens (tertiary/aromatic N) is 1. The molecule has 1 aliphatic rings. The predicted molar refractivity (Wildman–Crippen MR) is 154 cm³/mol. The topological polar surface area (TPSA) is 106 Å². The van der Waals surface area contributed by atoms with E-state index in [4.69, 9.17) is 9.47 Å². The van der Waals surface area contributed by atoms with Crippen LogP contribution >= 0.6 is 0 Å². The number of benzene rings is 2. The highest BCUT2D eigenvalue weighted by molar-refractivity contribution is 6.20. The molecule has 0 fully saturated rings. The molecule has 45 heavy (non-hydrogen) atoms. The fourth-order valence-corrected chi connectivity index (χ4v) is 4.80. The molecule has 3 rings (SSSR count). The summed E-state index contributed by atoms with van der Waals surface area (Å²) in [6.45, 7) is 4.40. The molecule has 1 unspecified atom stereocenters. The van der Waals surface area contributed by atoms with Crippen LogP contribution in [0.2, 0.25) is 0 Å². The van der Waals surface area contributed by atoms with E-state index in [1.54, 1.807) is 48.5 Å². The number of ether oxygens (including phenoxy) is 2. The Balaban J connectivity index is 2.04. The standard InChI is InChI=1S/C31H35F6N3O5/c1-29(2,3)45-28(43)21(14-16-31(35,36)37)20(11-8-15-30(32,33)34)26(41)40-25-27(42)38-23-13-12-19(44-4)17-22(23)24(39-25)18-9-6-5-7-10-18/h5-7,9-10,12-13,17,20-21,25H,8,11,14-16H2,1-4H3,(H,38,42)(H,40,41)/t20-,21+,25?/m1/s1. The molecule has 0 saturated carbocycles. The van der Waals surface area contributed by atoms with Gasteiger partial charge in [0.05, 0.1) is 30.3 Å². The summed E-state index contributed by atoms with van der Waals surface area (Å²) >= 11 is 0. The molecular formula is C31H35F6N3O5. The molecule has 2 aromatic rings. The lowest BCUT2D eigenvalue weighted by Gasteiger charge is -2.29. The number of anilines is 1. The van der Waals surface area contributed by atoms with Gasteiger partial charge in [-0.05, 0) is 58.2 Å². The zero-order valence-corrected chi connectivity index (χ0v) is 25.1. The van der Waals surface area contributed by atoms with E-state index in [1.807, 2.05) is 0 Å². The molecule has 2 aromatic carbocycles. The molecular weight excluding hydrogens is 608 g/mol. The third-order valence-corrected chi connectivity index (χ3v) is 6.82. The Bertz CT molecular complexity index is 1390. The van der Waals surface area contributed by atoms with E-state index in [-0.39, 0.29) is 5.71 Å². The van der Waals surface area contributed by atoms with Crippen LogP contribution in [-0.4, -0.2) is 54.7 Å². The molecule has 0 aliphatic carbocycles. The first-order valence-corrected chi connectivity index (χ1v) is 14.2. The summed E-state index contributed by atoms with van der Waals surface area (Å²) in [6.07, 6.45) is -16.0. The van der Waals surface area contributed by atoms with Gasteiger partial charge >= 0.3 is 18.3 Å². The minimum absolute atomic E-state index is 0.252. The van der Waals surface area contributed by atoms with Crippen molar-refractivity contribution in [3.63, 3.8) is 0 Å². The lowest BCUT2D eigenvalue weighted by Crippen LogP contribution is -2.48. The summed E-state index contributed by atoms with van der Waals surface area (Å²) in [5, 5.41) is 5.02. The Kier molecular flexibility index (Phi) is 11.3. The van der Waals surface area contributed by atoms with Crippen molar-refractivity contribution in [1.82, 2.24) is 5.32 Å². The van der Waals surface area contributed by atoms with Crippen LogP contribution in [0.15, 0.2) is 53.5 Å². The van der Waals surface area contributed by atoms with E-state index in [0.29, 0.717) is 22.6 Å². The van der Waals surface area contributed by atoms with Crippen LogP contribution < -0.4 is 15.4 Å². The first kappa shape index (κ1) is 35.4. The van der Waals surface area contributed by atoms with Gasteiger partial charge in [0.2, 0.25) is 12.1 Å². The van der Waals surface area contributed by atoms with Crippen LogP contribution in [0.1, 0.15) is 64.0 Å². The van der Waals surface area contributed by atoms with Crippen molar-refractivity contribution in [2.24, 2.45) is 16.8 Å². The normalized spacial score (nSPS) is 16.8. The van der Waals surface area contributed by atoms with Gasteiger partial charge in [0.25, 0.3) is 5.91 Å². The summed E-state index contributed by atoms with van der Waals surface area (Å²) < 4.78 is 89.5. The van der Waals surface area contributed by atoms with Gasteiger partial charge in [0.1, 0.15) is 11.4 Å². The maximum absolute atomic E-state index is 13.7. The van der Waals surface area contributed by atoms with Crippen LogP contribution in [0, 0.1) is 11.8 Å². The van der Waals surface area contributed by atoms with Crippen LogP contribution in [0.5, 0.6) is 5.75 Å². The third kappa shape index (κ3) is 10.8. The molecule has 14 heteroatoms. The van der Waals surface area contributed by atoms with E-state index < -0.39 is 85.8 Å². The summed E-state index contributed by atoms with van der Waals surface area (Å²) in [7, 11) is 1.44. The average molecular weight is 644 g/mol. The van der Waals surface area contributed by atoms with E-state index >= 15 is 0 Å². The molecule has 0 radical (unpaired) electrons. The molecule has 0 aromatic heterocycles. The smallest absolute Gasteiger partial charge is 0.389 e.